The van der Waals surface area contributed by atoms with Gasteiger partial charge in [0.1, 0.15) is 11.7 Å². The van der Waals surface area contributed by atoms with E-state index in [2.05, 4.69) is 5.32 Å². The van der Waals surface area contributed by atoms with Crippen LogP contribution < -0.4 is 5.32 Å². The van der Waals surface area contributed by atoms with Crippen LogP contribution in [-0.4, -0.2) is 35.6 Å². The highest BCUT2D eigenvalue weighted by atomic mass is 16.7. The highest BCUT2D eigenvalue weighted by molar-refractivity contribution is 5.67. The standard InChI is InChI=1S/C13H23NO5/c1-13(2,3)19-11(15)14-8-9-4-6-10(7-5-9)18-12(16)17/h9-10H,4-8H2,1-3H3,(H,14,15)(H,16,17). The zero-order chi connectivity index (χ0) is 14.5. The number of hydrogen-bond acceptors (Lipinski definition) is 4. The van der Waals surface area contributed by atoms with Gasteiger partial charge in [0.2, 0.25) is 0 Å². The normalized spacial score (nSPS) is 23.5. The minimum absolute atomic E-state index is 0.199. The second kappa shape index (κ2) is 6.63. The zero-order valence-electron chi connectivity index (χ0n) is 11.8. The first-order valence-corrected chi connectivity index (χ1v) is 6.62. The van der Waals surface area contributed by atoms with Crippen molar-refractivity contribution >= 4 is 12.2 Å². The number of nitrogens with one attached hydrogen (secondary N) is 1. The molecule has 0 heterocycles. The van der Waals surface area contributed by atoms with E-state index >= 15 is 0 Å². The molecule has 0 atom stereocenters. The van der Waals surface area contributed by atoms with E-state index in [-0.39, 0.29) is 6.10 Å². The van der Waals surface area contributed by atoms with Crippen molar-refractivity contribution in [3.8, 4) is 0 Å². The molecule has 0 spiro atoms. The monoisotopic (exact) mass is 273 g/mol. The van der Waals surface area contributed by atoms with Gasteiger partial charge >= 0.3 is 12.2 Å². The van der Waals surface area contributed by atoms with Crippen molar-refractivity contribution in [1.82, 2.24) is 5.32 Å². The Bertz CT molecular complexity index is 315. The highest BCUT2D eigenvalue weighted by Gasteiger charge is 2.24. The Hall–Kier alpha value is -1.46. The van der Waals surface area contributed by atoms with Gasteiger partial charge in [-0.2, -0.15) is 0 Å². The first-order chi connectivity index (χ1) is 8.76. The molecule has 0 aromatic heterocycles. The average molecular weight is 273 g/mol. The van der Waals surface area contributed by atoms with Gasteiger partial charge in [-0.15, -0.1) is 0 Å². The predicted octanol–water partition coefficient (Wildman–Crippen LogP) is 2.76. The minimum Gasteiger partial charge on any atom is -0.450 e. The second-order valence-electron chi connectivity index (χ2n) is 5.91. The summed E-state index contributed by atoms with van der Waals surface area (Å²) in [5.41, 5.74) is -0.489. The molecule has 1 aliphatic rings. The molecule has 1 aliphatic carbocycles. The van der Waals surface area contributed by atoms with Gasteiger partial charge in [-0.3, -0.25) is 0 Å². The van der Waals surface area contributed by atoms with Crippen LogP contribution in [-0.2, 0) is 9.47 Å². The molecule has 0 saturated heterocycles. The lowest BCUT2D eigenvalue weighted by Crippen LogP contribution is -2.36. The van der Waals surface area contributed by atoms with Crippen molar-refractivity contribution in [2.24, 2.45) is 5.92 Å². The summed E-state index contributed by atoms with van der Waals surface area (Å²) >= 11 is 0. The number of carbonyl (C=O) groups excluding carboxylic acids is 1. The molecule has 19 heavy (non-hydrogen) atoms. The van der Waals surface area contributed by atoms with Crippen molar-refractivity contribution in [2.75, 3.05) is 6.54 Å². The van der Waals surface area contributed by atoms with Crippen molar-refractivity contribution < 1.29 is 24.2 Å². The van der Waals surface area contributed by atoms with E-state index in [1.54, 1.807) is 0 Å². The third-order valence-corrected chi connectivity index (χ3v) is 3.00. The molecule has 110 valence electrons. The van der Waals surface area contributed by atoms with Gasteiger partial charge in [-0.05, 0) is 52.4 Å². The Morgan fingerprint density at radius 2 is 1.79 bits per heavy atom. The SMILES string of the molecule is CC(C)(C)OC(=O)NCC1CCC(OC(=O)O)CC1. The topological polar surface area (TPSA) is 84.9 Å². The Morgan fingerprint density at radius 3 is 2.26 bits per heavy atom. The third-order valence-electron chi connectivity index (χ3n) is 3.00. The van der Waals surface area contributed by atoms with Gasteiger partial charge in [0, 0.05) is 6.54 Å². The van der Waals surface area contributed by atoms with Crippen LogP contribution in [0.3, 0.4) is 0 Å². The van der Waals surface area contributed by atoms with E-state index in [1.165, 1.54) is 0 Å². The lowest BCUT2D eigenvalue weighted by molar-refractivity contribution is 0.0275. The maximum atomic E-state index is 11.5. The molecule has 1 fully saturated rings. The summed E-state index contributed by atoms with van der Waals surface area (Å²) in [4.78, 5) is 21.9. The van der Waals surface area contributed by atoms with Gasteiger partial charge in [-0.25, -0.2) is 9.59 Å². The third kappa shape index (κ3) is 6.88. The summed E-state index contributed by atoms with van der Waals surface area (Å²) in [5.74, 6) is 0.362. The summed E-state index contributed by atoms with van der Waals surface area (Å²) in [7, 11) is 0. The van der Waals surface area contributed by atoms with Crippen molar-refractivity contribution in [3.05, 3.63) is 0 Å². The lowest BCUT2D eigenvalue weighted by Gasteiger charge is -2.28. The maximum absolute atomic E-state index is 11.5. The molecule has 0 unspecified atom stereocenters. The number of ether oxygens (including phenoxy) is 2. The van der Waals surface area contributed by atoms with Crippen LogP contribution in [0.2, 0.25) is 0 Å². The molecule has 0 radical (unpaired) electrons. The van der Waals surface area contributed by atoms with Gasteiger partial charge in [0.15, 0.2) is 0 Å². The molecule has 6 nitrogen and oxygen atoms in total. The summed E-state index contributed by atoms with van der Waals surface area (Å²) in [6.45, 7) is 6.03. The molecular formula is C13H23NO5. The van der Waals surface area contributed by atoms with Gasteiger partial charge in [0.05, 0.1) is 0 Å². The number of carboxylic acid groups (broad SMARTS) is 1. The van der Waals surface area contributed by atoms with E-state index in [0.29, 0.717) is 25.3 Å². The molecule has 0 aromatic carbocycles. The lowest BCUT2D eigenvalue weighted by atomic mass is 9.87. The smallest absolute Gasteiger partial charge is 0.450 e. The van der Waals surface area contributed by atoms with Crippen LogP contribution in [0.15, 0.2) is 0 Å². The Kier molecular flexibility index (Phi) is 5.44. The zero-order valence-corrected chi connectivity index (χ0v) is 11.8. The molecule has 1 amide bonds. The van der Waals surface area contributed by atoms with Gasteiger partial charge in [-0.1, -0.05) is 0 Å². The van der Waals surface area contributed by atoms with Crippen LogP contribution in [0, 0.1) is 5.92 Å². The first-order valence-electron chi connectivity index (χ1n) is 6.62. The fourth-order valence-electron chi connectivity index (χ4n) is 2.14. The largest absolute Gasteiger partial charge is 0.506 e. The quantitative estimate of drug-likeness (QED) is 0.772. The van der Waals surface area contributed by atoms with Crippen LogP contribution >= 0.6 is 0 Å². The van der Waals surface area contributed by atoms with Crippen LogP contribution in [0.25, 0.3) is 0 Å². The van der Waals surface area contributed by atoms with E-state index in [1.807, 2.05) is 20.8 Å². The van der Waals surface area contributed by atoms with Crippen molar-refractivity contribution in [3.63, 3.8) is 0 Å². The summed E-state index contributed by atoms with van der Waals surface area (Å²) in [6.07, 6.45) is 1.32. The Morgan fingerprint density at radius 1 is 1.21 bits per heavy atom. The number of alkyl carbamates (subject to hydrolysis) is 1. The molecule has 1 saturated carbocycles. The van der Waals surface area contributed by atoms with E-state index < -0.39 is 17.8 Å². The highest BCUT2D eigenvalue weighted by Crippen LogP contribution is 2.25. The first kappa shape index (κ1) is 15.6. The van der Waals surface area contributed by atoms with E-state index in [4.69, 9.17) is 14.6 Å². The molecule has 0 bridgehead atoms. The second-order valence-corrected chi connectivity index (χ2v) is 5.91. The number of carbonyl (C=O) groups is 2. The number of hydrogen-bond donors (Lipinski definition) is 2. The van der Waals surface area contributed by atoms with Crippen molar-refractivity contribution in [2.45, 2.75) is 58.2 Å². The molecular weight excluding hydrogens is 250 g/mol. The average Bonchev–Trinajstić information content (AvgIpc) is 2.25. The van der Waals surface area contributed by atoms with Crippen molar-refractivity contribution in [1.29, 1.82) is 0 Å². The van der Waals surface area contributed by atoms with Crippen LogP contribution in [0.1, 0.15) is 46.5 Å². The molecule has 0 aromatic rings. The minimum atomic E-state index is -1.21. The Labute approximate surface area is 113 Å². The molecule has 2 N–H and O–H groups in total. The van der Waals surface area contributed by atoms with E-state index in [9.17, 15) is 9.59 Å². The summed E-state index contributed by atoms with van der Waals surface area (Å²) in [5, 5.41) is 11.3. The maximum Gasteiger partial charge on any atom is 0.506 e. The molecule has 1 rings (SSSR count). The van der Waals surface area contributed by atoms with Gasteiger partial charge < -0.3 is 19.9 Å². The van der Waals surface area contributed by atoms with E-state index in [0.717, 1.165) is 12.8 Å². The number of rotatable bonds is 3. The molecule has 6 heteroatoms. The fraction of sp³-hybridized carbons (Fsp3) is 0.846. The Balaban J connectivity index is 2.19. The fourth-order valence-corrected chi connectivity index (χ4v) is 2.14. The van der Waals surface area contributed by atoms with Crippen LogP contribution in [0.4, 0.5) is 9.59 Å². The van der Waals surface area contributed by atoms with Gasteiger partial charge in [0.25, 0.3) is 0 Å². The van der Waals surface area contributed by atoms with Crippen LogP contribution in [0.5, 0.6) is 0 Å². The number of amides is 1. The molecule has 0 aliphatic heterocycles. The summed E-state index contributed by atoms with van der Waals surface area (Å²) in [6, 6.07) is 0. The summed E-state index contributed by atoms with van der Waals surface area (Å²) < 4.78 is 9.89. The predicted molar refractivity (Wildman–Crippen MR) is 69.1 cm³/mol.